The number of nitrogens with zero attached hydrogens (tertiary/aromatic N) is 2. The summed E-state index contributed by atoms with van der Waals surface area (Å²) in [5, 5.41) is 14.3. The third-order valence-corrected chi connectivity index (χ3v) is 3.84. The number of nitro groups is 1. The zero-order chi connectivity index (χ0) is 13.2. The Labute approximate surface area is 114 Å². The van der Waals surface area contributed by atoms with Gasteiger partial charge in [0.25, 0.3) is 0 Å². The molecule has 0 bridgehead atoms. The molecule has 0 amide bonds. The van der Waals surface area contributed by atoms with E-state index in [4.69, 9.17) is 0 Å². The highest BCUT2D eigenvalue weighted by Crippen LogP contribution is 2.34. The standard InChI is InChI=1S/C12H16BrN3O2/c1-12(5-3-2-4-6-12)15-11-10(16(17)18)7-9(13)8-14-11/h7-8H,2-6H2,1H3,(H,14,15). The normalized spacial score (nSPS) is 18.3. The first kappa shape index (κ1) is 13.3. The van der Waals surface area contributed by atoms with Crippen molar-refractivity contribution in [3.8, 4) is 0 Å². The second kappa shape index (κ2) is 5.22. The Morgan fingerprint density at radius 1 is 1.44 bits per heavy atom. The molecule has 0 unspecified atom stereocenters. The van der Waals surface area contributed by atoms with Gasteiger partial charge in [0.05, 0.1) is 4.92 Å². The lowest BCUT2D eigenvalue weighted by Gasteiger charge is -2.34. The molecule has 18 heavy (non-hydrogen) atoms. The van der Waals surface area contributed by atoms with Crippen molar-refractivity contribution < 1.29 is 4.92 Å². The second-order valence-electron chi connectivity index (χ2n) is 5.02. The molecule has 1 aromatic heterocycles. The molecule has 0 spiro atoms. The van der Waals surface area contributed by atoms with Crippen molar-refractivity contribution in [1.82, 2.24) is 4.98 Å². The van der Waals surface area contributed by atoms with Crippen LogP contribution in [0.2, 0.25) is 0 Å². The number of nitrogens with one attached hydrogen (secondary N) is 1. The molecule has 0 radical (unpaired) electrons. The largest absolute Gasteiger partial charge is 0.359 e. The second-order valence-corrected chi connectivity index (χ2v) is 5.94. The van der Waals surface area contributed by atoms with E-state index in [1.807, 2.05) is 0 Å². The minimum atomic E-state index is -0.397. The molecule has 1 aliphatic rings. The van der Waals surface area contributed by atoms with Gasteiger partial charge in [-0.3, -0.25) is 10.1 Å². The Morgan fingerprint density at radius 3 is 2.72 bits per heavy atom. The van der Waals surface area contributed by atoms with Crippen molar-refractivity contribution >= 4 is 27.4 Å². The van der Waals surface area contributed by atoms with Gasteiger partial charge in [-0.15, -0.1) is 0 Å². The van der Waals surface area contributed by atoms with Crippen LogP contribution in [0.3, 0.4) is 0 Å². The maximum atomic E-state index is 11.0. The minimum Gasteiger partial charge on any atom is -0.359 e. The zero-order valence-corrected chi connectivity index (χ0v) is 11.9. The molecule has 6 heteroatoms. The molecule has 1 aromatic rings. The van der Waals surface area contributed by atoms with Crippen molar-refractivity contribution in [1.29, 1.82) is 0 Å². The van der Waals surface area contributed by atoms with E-state index in [0.29, 0.717) is 10.3 Å². The van der Waals surface area contributed by atoms with Gasteiger partial charge in [-0.25, -0.2) is 4.98 Å². The predicted molar refractivity (Wildman–Crippen MR) is 73.7 cm³/mol. The van der Waals surface area contributed by atoms with Gasteiger partial charge >= 0.3 is 5.69 Å². The summed E-state index contributed by atoms with van der Waals surface area (Å²) in [6.45, 7) is 2.11. The number of anilines is 1. The van der Waals surface area contributed by atoms with E-state index >= 15 is 0 Å². The topological polar surface area (TPSA) is 68.1 Å². The van der Waals surface area contributed by atoms with Crippen molar-refractivity contribution in [2.75, 3.05) is 5.32 Å². The fraction of sp³-hybridized carbons (Fsp3) is 0.583. The van der Waals surface area contributed by atoms with Gasteiger partial charge < -0.3 is 5.32 Å². The van der Waals surface area contributed by atoms with E-state index in [1.54, 1.807) is 6.20 Å². The van der Waals surface area contributed by atoms with Crippen LogP contribution in [0.4, 0.5) is 11.5 Å². The molecule has 0 atom stereocenters. The molecule has 1 fully saturated rings. The fourth-order valence-electron chi connectivity index (χ4n) is 2.41. The van der Waals surface area contributed by atoms with Gasteiger partial charge in [0, 0.05) is 22.3 Å². The molecule has 98 valence electrons. The van der Waals surface area contributed by atoms with E-state index in [9.17, 15) is 10.1 Å². The van der Waals surface area contributed by atoms with Gasteiger partial charge in [0.1, 0.15) is 0 Å². The minimum absolute atomic E-state index is 0.0242. The fourth-order valence-corrected chi connectivity index (χ4v) is 2.73. The van der Waals surface area contributed by atoms with Crippen molar-refractivity contribution in [2.24, 2.45) is 0 Å². The van der Waals surface area contributed by atoms with E-state index in [1.165, 1.54) is 12.5 Å². The smallest absolute Gasteiger partial charge is 0.312 e. The van der Waals surface area contributed by atoms with Gasteiger partial charge in [-0.05, 0) is 35.7 Å². The lowest BCUT2D eigenvalue weighted by molar-refractivity contribution is -0.384. The van der Waals surface area contributed by atoms with Crippen LogP contribution in [0.5, 0.6) is 0 Å². The quantitative estimate of drug-likeness (QED) is 0.679. The number of pyridine rings is 1. The molecular weight excluding hydrogens is 298 g/mol. The Balaban J connectivity index is 2.25. The van der Waals surface area contributed by atoms with Gasteiger partial charge in [0.15, 0.2) is 0 Å². The SMILES string of the molecule is CC1(Nc2ncc(Br)cc2[N+](=O)[O-])CCCCC1. The first-order valence-corrected chi connectivity index (χ1v) is 6.88. The number of hydrogen-bond acceptors (Lipinski definition) is 4. The summed E-state index contributed by atoms with van der Waals surface area (Å²) < 4.78 is 0.619. The van der Waals surface area contributed by atoms with Crippen LogP contribution >= 0.6 is 15.9 Å². The maximum Gasteiger partial charge on any atom is 0.312 e. The first-order chi connectivity index (χ1) is 8.50. The number of hydrogen-bond donors (Lipinski definition) is 1. The third kappa shape index (κ3) is 2.98. The van der Waals surface area contributed by atoms with Gasteiger partial charge in [0.2, 0.25) is 5.82 Å². The van der Waals surface area contributed by atoms with Crippen LogP contribution in [-0.2, 0) is 0 Å². The van der Waals surface area contributed by atoms with Crippen LogP contribution in [-0.4, -0.2) is 15.4 Å². The van der Waals surface area contributed by atoms with E-state index in [0.717, 1.165) is 25.7 Å². The number of aromatic nitrogens is 1. The summed E-state index contributed by atoms with van der Waals surface area (Å²) in [6, 6.07) is 1.49. The molecule has 1 saturated carbocycles. The molecular formula is C12H16BrN3O2. The Morgan fingerprint density at radius 2 is 2.11 bits per heavy atom. The monoisotopic (exact) mass is 313 g/mol. The number of rotatable bonds is 3. The average Bonchev–Trinajstić information content (AvgIpc) is 2.32. The van der Waals surface area contributed by atoms with Crippen LogP contribution < -0.4 is 5.32 Å². The summed E-state index contributed by atoms with van der Waals surface area (Å²) in [7, 11) is 0. The number of halogens is 1. The van der Waals surface area contributed by atoms with Crippen LogP contribution in [0.15, 0.2) is 16.7 Å². The molecule has 0 aromatic carbocycles. The average molecular weight is 314 g/mol. The highest BCUT2D eigenvalue weighted by Gasteiger charge is 2.29. The summed E-state index contributed by atoms with van der Waals surface area (Å²) in [4.78, 5) is 14.8. The summed E-state index contributed by atoms with van der Waals surface area (Å²) in [5.74, 6) is 0.368. The van der Waals surface area contributed by atoms with Gasteiger partial charge in [-0.1, -0.05) is 19.3 Å². The molecule has 2 rings (SSSR count). The summed E-state index contributed by atoms with van der Waals surface area (Å²) >= 11 is 3.21. The maximum absolute atomic E-state index is 11.0. The molecule has 0 aliphatic heterocycles. The highest BCUT2D eigenvalue weighted by atomic mass is 79.9. The highest BCUT2D eigenvalue weighted by molar-refractivity contribution is 9.10. The molecule has 0 saturated heterocycles. The van der Waals surface area contributed by atoms with E-state index in [2.05, 4.69) is 33.2 Å². The Kier molecular flexibility index (Phi) is 3.85. The van der Waals surface area contributed by atoms with E-state index in [-0.39, 0.29) is 11.2 Å². The first-order valence-electron chi connectivity index (χ1n) is 6.08. The lowest BCUT2D eigenvalue weighted by atomic mass is 9.83. The molecule has 1 heterocycles. The van der Waals surface area contributed by atoms with Crippen molar-refractivity contribution in [2.45, 2.75) is 44.6 Å². The predicted octanol–water partition coefficient (Wildman–Crippen LogP) is 3.89. The van der Waals surface area contributed by atoms with Crippen LogP contribution in [0.1, 0.15) is 39.0 Å². The van der Waals surface area contributed by atoms with Gasteiger partial charge in [-0.2, -0.15) is 0 Å². The molecule has 5 nitrogen and oxygen atoms in total. The lowest BCUT2D eigenvalue weighted by Crippen LogP contribution is -2.37. The summed E-state index contributed by atoms with van der Waals surface area (Å²) in [5.41, 5.74) is -0.0553. The van der Waals surface area contributed by atoms with Crippen LogP contribution in [0.25, 0.3) is 0 Å². The summed E-state index contributed by atoms with van der Waals surface area (Å²) in [6.07, 6.45) is 7.21. The third-order valence-electron chi connectivity index (χ3n) is 3.41. The Hall–Kier alpha value is -1.17. The van der Waals surface area contributed by atoms with E-state index < -0.39 is 4.92 Å². The van der Waals surface area contributed by atoms with Crippen LogP contribution in [0, 0.1) is 10.1 Å². The van der Waals surface area contributed by atoms with Crippen molar-refractivity contribution in [3.63, 3.8) is 0 Å². The van der Waals surface area contributed by atoms with Crippen molar-refractivity contribution in [3.05, 3.63) is 26.9 Å². The Bertz CT molecular complexity index is 459. The molecule has 1 N–H and O–H groups in total. The zero-order valence-electron chi connectivity index (χ0n) is 10.3. The molecule has 1 aliphatic carbocycles.